The lowest BCUT2D eigenvalue weighted by Crippen LogP contribution is -2.03. The highest BCUT2D eigenvalue weighted by molar-refractivity contribution is 5.64. The van der Waals surface area contributed by atoms with Crippen LogP contribution in [0.2, 0.25) is 0 Å². The Morgan fingerprint density at radius 3 is 2.07 bits per heavy atom. The van der Waals surface area contributed by atoms with Gasteiger partial charge in [-0.25, -0.2) is 0 Å². The van der Waals surface area contributed by atoms with Crippen molar-refractivity contribution in [1.82, 2.24) is 15.0 Å². The predicted octanol–water partition coefficient (Wildman–Crippen LogP) is 4.73. The zero-order valence-electron chi connectivity index (χ0n) is 14.9. The van der Waals surface area contributed by atoms with Crippen LogP contribution in [0.15, 0.2) is 85.2 Å². The van der Waals surface area contributed by atoms with E-state index in [1.807, 2.05) is 66.7 Å². The van der Waals surface area contributed by atoms with Crippen LogP contribution >= 0.6 is 0 Å². The summed E-state index contributed by atoms with van der Waals surface area (Å²) in [7, 11) is 0. The summed E-state index contributed by atoms with van der Waals surface area (Å²) in [5, 5.41) is 6.37. The van der Waals surface area contributed by atoms with Crippen LogP contribution in [0.1, 0.15) is 0 Å². The topological polar surface area (TPSA) is 98.0 Å². The van der Waals surface area contributed by atoms with Crippen LogP contribution < -0.4 is 21.1 Å². The Hall–Kier alpha value is -4.13. The number of nitrogens with zero attached hydrogens (tertiary/aromatic N) is 3. The molecular weight excluding hydrogens is 352 g/mol. The summed E-state index contributed by atoms with van der Waals surface area (Å²) in [6.45, 7) is 0. The zero-order valence-corrected chi connectivity index (χ0v) is 14.9. The van der Waals surface area contributed by atoms with Crippen LogP contribution in [0.3, 0.4) is 0 Å². The largest absolute Gasteiger partial charge is 0.457 e. The number of ether oxygens (including phenoxy) is 1. The number of nitrogens with two attached hydrogens (primary N) is 1. The molecule has 7 heteroatoms. The van der Waals surface area contributed by atoms with Gasteiger partial charge in [-0.1, -0.05) is 18.2 Å². The molecule has 0 aliphatic rings. The first kappa shape index (κ1) is 17.3. The van der Waals surface area contributed by atoms with Crippen LogP contribution in [-0.2, 0) is 0 Å². The van der Waals surface area contributed by atoms with E-state index < -0.39 is 0 Å². The molecule has 0 unspecified atom stereocenters. The van der Waals surface area contributed by atoms with Crippen molar-refractivity contribution in [3.63, 3.8) is 0 Å². The van der Waals surface area contributed by atoms with Gasteiger partial charge in [0.25, 0.3) is 0 Å². The van der Waals surface area contributed by atoms with Crippen LogP contribution in [0, 0.1) is 0 Å². The van der Waals surface area contributed by atoms with Crippen molar-refractivity contribution in [2.45, 2.75) is 0 Å². The molecule has 2 aromatic heterocycles. The Bertz CT molecular complexity index is 1040. The summed E-state index contributed by atoms with van der Waals surface area (Å²) < 4.78 is 5.80. The van der Waals surface area contributed by atoms with Crippen molar-refractivity contribution < 1.29 is 4.74 Å². The van der Waals surface area contributed by atoms with Gasteiger partial charge in [-0.3, -0.25) is 4.98 Å². The summed E-state index contributed by atoms with van der Waals surface area (Å²) in [6.07, 6.45) is 3.41. The first-order valence-electron chi connectivity index (χ1n) is 8.66. The molecule has 28 heavy (non-hydrogen) atoms. The van der Waals surface area contributed by atoms with Crippen LogP contribution in [0.5, 0.6) is 11.5 Å². The van der Waals surface area contributed by atoms with Gasteiger partial charge in [-0.15, -0.1) is 0 Å². The van der Waals surface area contributed by atoms with E-state index in [9.17, 15) is 0 Å². The Morgan fingerprint density at radius 1 is 0.714 bits per heavy atom. The van der Waals surface area contributed by atoms with Crippen molar-refractivity contribution in [3.8, 4) is 11.5 Å². The number of aromatic nitrogens is 3. The maximum absolute atomic E-state index is 5.84. The maximum Gasteiger partial charge on any atom is 0.223 e. The fourth-order valence-electron chi connectivity index (χ4n) is 2.56. The lowest BCUT2D eigenvalue weighted by molar-refractivity contribution is 0.483. The molecule has 0 spiro atoms. The highest BCUT2D eigenvalue weighted by Gasteiger charge is 2.05. The van der Waals surface area contributed by atoms with Crippen LogP contribution in [0.4, 0.5) is 29.0 Å². The second kappa shape index (κ2) is 8.05. The van der Waals surface area contributed by atoms with E-state index in [0.717, 1.165) is 22.9 Å². The SMILES string of the molecule is Nc1nc(Nc2ccc(Oc3ccccc3)cc2)cc(Nc2cccnc2)n1. The minimum absolute atomic E-state index is 0.167. The lowest BCUT2D eigenvalue weighted by Gasteiger charge is -2.11. The maximum atomic E-state index is 5.84. The van der Waals surface area contributed by atoms with E-state index in [1.165, 1.54) is 0 Å². The van der Waals surface area contributed by atoms with E-state index in [1.54, 1.807) is 18.5 Å². The van der Waals surface area contributed by atoms with Crippen molar-refractivity contribution >= 4 is 29.0 Å². The molecular formula is C21H18N6O. The Morgan fingerprint density at radius 2 is 1.39 bits per heavy atom. The van der Waals surface area contributed by atoms with Crippen molar-refractivity contribution in [2.75, 3.05) is 16.4 Å². The van der Waals surface area contributed by atoms with Gasteiger partial charge in [0.15, 0.2) is 0 Å². The fourth-order valence-corrected chi connectivity index (χ4v) is 2.56. The third-order valence-electron chi connectivity index (χ3n) is 3.78. The number of rotatable bonds is 6. The molecule has 4 aromatic rings. The standard InChI is InChI=1S/C21H18N6O/c22-21-26-19(13-20(27-21)25-16-5-4-12-23-14-16)24-15-8-10-18(11-9-15)28-17-6-2-1-3-7-17/h1-14H,(H4,22,24,25,26,27). The molecule has 2 aromatic carbocycles. The van der Waals surface area contributed by atoms with Gasteiger partial charge < -0.3 is 21.1 Å². The predicted molar refractivity (Wildman–Crippen MR) is 110 cm³/mol. The molecule has 0 radical (unpaired) electrons. The Kier molecular flexibility index (Phi) is 4.97. The number of nitrogen functional groups attached to an aromatic ring is 1. The van der Waals surface area contributed by atoms with Crippen LogP contribution in [-0.4, -0.2) is 15.0 Å². The number of nitrogens with one attached hydrogen (secondary N) is 2. The molecule has 0 atom stereocenters. The fraction of sp³-hybridized carbons (Fsp3) is 0. The summed E-state index contributed by atoms with van der Waals surface area (Å²) in [6, 6.07) is 22.7. The van der Waals surface area contributed by atoms with E-state index in [4.69, 9.17) is 10.5 Å². The van der Waals surface area contributed by atoms with Gasteiger partial charge in [0.1, 0.15) is 23.1 Å². The molecule has 0 amide bonds. The monoisotopic (exact) mass is 370 g/mol. The quantitative estimate of drug-likeness (QED) is 0.451. The van der Waals surface area contributed by atoms with E-state index in [0.29, 0.717) is 11.6 Å². The molecule has 0 saturated carbocycles. The number of benzene rings is 2. The van der Waals surface area contributed by atoms with Gasteiger partial charge in [-0.05, 0) is 48.5 Å². The summed E-state index contributed by atoms with van der Waals surface area (Å²) >= 11 is 0. The summed E-state index contributed by atoms with van der Waals surface area (Å²) in [5.41, 5.74) is 7.51. The molecule has 7 nitrogen and oxygen atoms in total. The lowest BCUT2D eigenvalue weighted by atomic mass is 10.3. The molecule has 138 valence electrons. The minimum atomic E-state index is 0.167. The van der Waals surface area contributed by atoms with Crippen molar-refractivity contribution in [1.29, 1.82) is 0 Å². The second-order valence-electron chi connectivity index (χ2n) is 5.93. The first-order valence-corrected chi connectivity index (χ1v) is 8.66. The minimum Gasteiger partial charge on any atom is -0.457 e. The third-order valence-corrected chi connectivity index (χ3v) is 3.78. The molecule has 0 aliphatic carbocycles. The van der Waals surface area contributed by atoms with Gasteiger partial charge >= 0.3 is 0 Å². The number of para-hydroxylation sites is 1. The molecule has 4 rings (SSSR count). The van der Waals surface area contributed by atoms with E-state index in [2.05, 4.69) is 25.6 Å². The molecule has 2 heterocycles. The molecule has 0 aliphatic heterocycles. The number of pyridine rings is 1. The van der Waals surface area contributed by atoms with Gasteiger partial charge in [0, 0.05) is 18.0 Å². The molecule has 0 fully saturated rings. The van der Waals surface area contributed by atoms with Crippen molar-refractivity contribution in [3.05, 3.63) is 85.2 Å². The van der Waals surface area contributed by atoms with E-state index in [-0.39, 0.29) is 5.95 Å². The second-order valence-corrected chi connectivity index (χ2v) is 5.93. The molecule has 4 N–H and O–H groups in total. The summed E-state index contributed by atoms with van der Waals surface area (Å²) in [5.74, 6) is 2.86. The smallest absolute Gasteiger partial charge is 0.223 e. The molecule has 0 saturated heterocycles. The zero-order chi connectivity index (χ0) is 19.2. The van der Waals surface area contributed by atoms with Crippen molar-refractivity contribution in [2.24, 2.45) is 0 Å². The molecule has 0 bridgehead atoms. The highest BCUT2D eigenvalue weighted by Crippen LogP contribution is 2.25. The highest BCUT2D eigenvalue weighted by atomic mass is 16.5. The first-order chi connectivity index (χ1) is 13.7. The average molecular weight is 370 g/mol. The van der Waals surface area contributed by atoms with Gasteiger partial charge in [0.2, 0.25) is 5.95 Å². The average Bonchev–Trinajstić information content (AvgIpc) is 2.71. The van der Waals surface area contributed by atoms with E-state index >= 15 is 0 Å². The number of hydrogen-bond acceptors (Lipinski definition) is 7. The Labute approximate surface area is 162 Å². The summed E-state index contributed by atoms with van der Waals surface area (Å²) in [4.78, 5) is 12.5. The van der Waals surface area contributed by atoms with Crippen LogP contribution in [0.25, 0.3) is 0 Å². The number of anilines is 5. The Balaban J connectivity index is 1.46. The van der Waals surface area contributed by atoms with Gasteiger partial charge in [-0.2, -0.15) is 9.97 Å². The number of hydrogen-bond donors (Lipinski definition) is 3. The third kappa shape index (κ3) is 4.53. The normalized spacial score (nSPS) is 10.3. The van der Waals surface area contributed by atoms with Gasteiger partial charge in [0.05, 0.1) is 11.9 Å².